The number of carboxylic acids is 1. The number of carboxylic acid groups (broad SMARTS) is 1. The van der Waals surface area contributed by atoms with Crippen LogP contribution in [0.3, 0.4) is 0 Å². The van der Waals surface area contributed by atoms with Crippen molar-refractivity contribution in [3.05, 3.63) is 17.5 Å². The monoisotopic (exact) mass is 348 g/mol. The molecule has 136 valence electrons. The van der Waals surface area contributed by atoms with Gasteiger partial charge in [0.1, 0.15) is 0 Å². The maximum Gasteiger partial charge on any atom is 0.309 e. The smallest absolute Gasteiger partial charge is 0.309 e. The van der Waals surface area contributed by atoms with E-state index in [1.165, 1.54) is 0 Å². The van der Waals surface area contributed by atoms with Crippen molar-refractivity contribution in [2.24, 2.45) is 5.92 Å². The summed E-state index contributed by atoms with van der Waals surface area (Å²) in [5, 5.41) is 16.6. The number of aliphatic carboxylic acids is 1. The Hall–Kier alpha value is -2.38. The van der Waals surface area contributed by atoms with E-state index in [0.717, 1.165) is 11.4 Å². The van der Waals surface area contributed by atoms with E-state index < -0.39 is 17.4 Å². The van der Waals surface area contributed by atoms with Crippen molar-refractivity contribution >= 4 is 17.8 Å². The number of amides is 2. The molecule has 0 unspecified atom stereocenters. The second-order valence-electron chi connectivity index (χ2n) is 7.08. The number of carbonyl (C=O) groups is 3. The summed E-state index contributed by atoms with van der Waals surface area (Å²) in [7, 11) is 0. The van der Waals surface area contributed by atoms with Crippen molar-refractivity contribution in [3.63, 3.8) is 0 Å². The number of aryl methyl sites for hydroxylation is 3. The molecule has 2 aliphatic heterocycles. The van der Waals surface area contributed by atoms with E-state index >= 15 is 0 Å². The zero-order valence-corrected chi connectivity index (χ0v) is 14.6. The molecule has 8 heteroatoms. The summed E-state index contributed by atoms with van der Waals surface area (Å²) in [6.45, 7) is 5.36. The number of nitrogens with zero attached hydrogens (tertiary/aromatic N) is 3. The number of rotatable bonds is 4. The van der Waals surface area contributed by atoms with Crippen LogP contribution in [0.25, 0.3) is 0 Å². The van der Waals surface area contributed by atoms with Gasteiger partial charge < -0.3 is 15.3 Å². The SMILES string of the molecule is Cc1cc(C)n(CCC(=O)N2CCC3(CC2)NC(=O)C[C@H]3C(=O)O)n1. The van der Waals surface area contributed by atoms with E-state index in [1.807, 2.05) is 24.6 Å². The number of carbonyl (C=O) groups excluding carboxylic acids is 2. The van der Waals surface area contributed by atoms with Crippen LogP contribution >= 0.6 is 0 Å². The number of piperidine rings is 1. The lowest BCUT2D eigenvalue weighted by atomic mass is 9.77. The fourth-order valence-corrected chi connectivity index (χ4v) is 4.01. The third-order valence-corrected chi connectivity index (χ3v) is 5.39. The normalized spacial score (nSPS) is 22.2. The molecule has 2 aliphatic rings. The molecule has 1 aromatic rings. The Morgan fingerprint density at radius 2 is 2.04 bits per heavy atom. The Morgan fingerprint density at radius 1 is 1.36 bits per heavy atom. The predicted molar refractivity (Wildman–Crippen MR) is 88.7 cm³/mol. The van der Waals surface area contributed by atoms with Crippen molar-refractivity contribution in [1.29, 1.82) is 0 Å². The molecule has 0 aromatic carbocycles. The summed E-state index contributed by atoms with van der Waals surface area (Å²) in [5.74, 6) is -1.81. The first-order chi connectivity index (χ1) is 11.8. The molecule has 0 radical (unpaired) electrons. The lowest BCUT2D eigenvalue weighted by Crippen LogP contribution is -2.56. The molecule has 1 aromatic heterocycles. The highest BCUT2D eigenvalue weighted by atomic mass is 16.4. The van der Waals surface area contributed by atoms with E-state index in [9.17, 15) is 19.5 Å². The quantitative estimate of drug-likeness (QED) is 0.823. The lowest BCUT2D eigenvalue weighted by Gasteiger charge is -2.41. The van der Waals surface area contributed by atoms with Crippen LogP contribution in [-0.2, 0) is 20.9 Å². The molecular weight excluding hydrogens is 324 g/mol. The third kappa shape index (κ3) is 3.38. The standard InChI is InChI=1S/C17H24N4O4/c1-11-9-12(2)21(19-11)6-3-15(23)20-7-4-17(5-8-20)13(16(24)25)10-14(22)18-17/h9,13H,3-8,10H2,1-2H3,(H,18,22)(H,24,25)/t13-/m0/s1. The van der Waals surface area contributed by atoms with Gasteiger partial charge in [-0.25, -0.2) is 0 Å². The fourth-order valence-electron chi connectivity index (χ4n) is 4.01. The topological polar surface area (TPSA) is 105 Å². The molecule has 3 heterocycles. The Balaban J connectivity index is 1.56. The van der Waals surface area contributed by atoms with Gasteiger partial charge in [0.15, 0.2) is 0 Å². The van der Waals surface area contributed by atoms with Crippen LogP contribution in [0.5, 0.6) is 0 Å². The van der Waals surface area contributed by atoms with Gasteiger partial charge >= 0.3 is 5.97 Å². The summed E-state index contributed by atoms with van der Waals surface area (Å²) in [6.07, 6.45) is 1.37. The van der Waals surface area contributed by atoms with Crippen molar-refractivity contribution in [2.75, 3.05) is 13.1 Å². The van der Waals surface area contributed by atoms with Crippen LogP contribution in [0, 0.1) is 19.8 Å². The number of hydrogen-bond acceptors (Lipinski definition) is 4. The molecule has 3 rings (SSSR count). The molecule has 0 aliphatic carbocycles. The summed E-state index contributed by atoms with van der Waals surface area (Å²) in [4.78, 5) is 37.3. The molecule has 8 nitrogen and oxygen atoms in total. The number of aromatic nitrogens is 2. The third-order valence-electron chi connectivity index (χ3n) is 5.39. The maximum atomic E-state index is 12.5. The van der Waals surface area contributed by atoms with Crippen molar-refractivity contribution < 1.29 is 19.5 Å². The molecule has 1 spiro atoms. The minimum Gasteiger partial charge on any atom is -0.481 e. The van der Waals surface area contributed by atoms with Gasteiger partial charge in [-0.15, -0.1) is 0 Å². The minimum absolute atomic E-state index is 0.0290. The Labute approximate surface area is 146 Å². The summed E-state index contributed by atoms with van der Waals surface area (Å²) < 4.78 is 1.83. The molecule has 2 amide bonds. The average Bonchev–Trinajstić information content (AvgIpc) is 3.04. The van der Waals surface area contributed by atoms with Gasteiger partial charge in [-0.2, -0.15) is 5.10 Å². The first-order valence-electron chi connectivity index (χ1n) is 8.63. The van der Waals surface area contributed by atoms with Crippen molar-refractivity contribution in [2.45, 2.75) is 51.6 Å². The molecule has 2 fully saturated rings. The Bertz CT molecular complexity index is 704. The highest BCUT2D eigenvalue weighted by Gasteiger charge is 2.51. The molecule has 0 bridgehead atoms. The average molecular weight is 348 g/mol. The second kappa shape index (κ2) is 6.50. The van der Waals surface area contributed by atoms with Gasteiger partial charge in [0, 0.05) is 38.2 Å². The van der Waals surface area contributed by atoms with Crippen LogP contribution in [0.15, 0.2) is 6.07 Å². The van der Waals surface area contributed by atoms with Crippen LogP contribution in [0.1, 0.15) is 37.1 Å². The van der Waals surface area contributed by atoms with Crippen molar-refractivity contribution in [3.8, 4) is 0 Å². The summed E-state index contributed by atoms with van der Waals surface area (Å²) in [6, 6.07) is 1.98. The summed E-state index contributed by atoms with van der Waals surface area (Å²) >= 11 is 0. The number of likely N-dealkylation sites (tertiary alicyclic amines) is 1. The minimum atomic E-state index is -0.942. The van der Waals surface area contributed by atoms with Gasteiger partial charge in [0.05, 0.1) is 17.2 Å². The summed E-state index contributed by atoms with van der Waals surface area (Å²) in [5.41, 5.74) is 1.26. The van der Waals surface area contributed by atoms with Crippen LogP contribution in [-0.4, -0.2) is 56.2 Å². The Morgan fingerprint density at radius 3 is 2.60 bits per heavy atom. The molecule has 2 saturated heterocycles. The van der Waals surface area contributed by atoms with Gasteiger partial charge in [-0.3, -0.25) is 19.1 Å². The molecule has 1 atom stereocenters. The molecular formula is C17H24N4O4. The lowest BCUT2D eigenvalue weighted by molar-refractivity contribution is -0.145. The van der Waals surface area contributed by atoms with Crippen LogP contribution < -0.4 is 5.32 Å². The predicted octanol–water partition coefficient (Wildman–Crippen LogP) is 0.472. The van der Waals surface area contributed by atoms with Gasteiger partial charge in [0.2, 0.25) is 11.8 Å². The van der Waals surface area contributed by atoms with Crippen LogP contribution in [0.2, 0.25) is 0 Å². The molecule has 0 saturated carbocycles. The van der Waals surface area contributed by atoms with E-state index in [4.69, 9.17) is 0 Å². The van der Waals surface area contributed by atoms with Gasteiger partial charge in [-0.05, 0) is 32.8 Å². The zero-order valence-electron chi connectivity index (χ0n) is 14.6. The first-order valence-corrected chi connectivity index (χ1v) is 8.63. The highest BCUT2D eigenvalue weighted by molar-refractivity contribution is 5.88. The maximum absolute atomic E-state index is 12.5. The second-order valence-corrected chi connectivity index (χ2v) is 7.08. The van der Waals surface area contributed by atoms with E-state index in [0.29, 0.717) is 38.9 Å². The van der Waals surface area contributed by atoms with Crippen molar-refractivity contribution in [1.82, 2.24) is 20.0 Å². The van der Waals surface area contributed by atoms with E-state index in [-0.39, 0.29) is 18.2 Å². The van der Waals surface area contributed by atoms with Crippen LogP contribution in [0.4, 0.5) is 0 Å². The van der Waals surface area contributed by atoms with Gasteiger partial charge in [-0.1, -0.05) is 0 Å². The van der Waals surface area contributed by atoms with E-state index in [2.05, 4.69) is 10.4 Å². The fraction of sp³-hybridized carbons (Fsp3) is 0.647. The zero-order chi connectivity index (χ0) is 18.2. The molecule has 25 heavy (non-hydrogen) atoms. The first kappa shape index (κ1) is 17.4. The Kier molecular flexibility index (Phi) is 4.53. The number of hydrogen-bond donors (Lipinski definition) is 2. The highest BCUT2D eigenvalue weighted by Crippen LogP contribution is 2.37. The van der Waals surface area contributed by atoms with Gasteiger partial charge in [0.25, 0.3) is 0 Å². The number of nitrogens with one attached hydrogen (secondary N) is 1. The largest absolute Gasteiger partial charge is 0.481 e. The van der Waals surface area contributed by atoms with E-state index in [1.54, 1.807) is 4.90 Å². The molecule has 2 N–H and O–H groups in total.